The fraction of sp³-hybridized carbons (Fsp3) is 0.250. The van der Waals surface area contributed by atoms with Crippen molar-refractivity contribution >= 4 is 34.7 Å². The first-order valence-corrected chi connectivity index (χ1v) is 22.8. The van der Waals surface area contributed by atoms with E-state index >= 15 is 0 Å². The van der Waals surface area contributed by atoms with Crippen molar-refractivity contribution in [2.75, 3.05) is 47.4 Å². The number of benzene rings is 6. The number of hydrogen-bond acceptors (Lipinski definition) is 13. The van der Waals surface area contributed by atoms with Crippen LogP contribution in [0.5, 0.6) is 34.5 Å². The lowest BCUT2D eigenvalue weighted by atomic mass is 10.0. The average molecular weight is 951 g/mol. The highest BCUT2D eigenvalue weighted by Crippen LogP contribution is 2.44. The fourth-order valence-corrected chi connectivity index (χ4v) is 6.57. The number of unbranched alkanes of at least 4 members (excludes halogenated alkanes) is 1. The first kappa shape index (κ1) is 54.3. The summed E-state index contributed by atoms with van der Waals surface area (Å²) in [6.45, 7) is 8.33. The Hall–Kier alpha value is -8.26. The molecule has 0 saturated heterocycles. The van der Waals surface area contributed by atoms with Gasteiger partial charge in [0.2, 0.25) is 5.75 Å². The maximum absolute atomic E-state index is 13.5. The number of azo groups is 1. The van der Waals surface area contributed by atoms with Crippen LogP contribution in [0.2, 0.25) is 0 Å². The maximum atomic E-state index is 13.5. The molecule has 14 heteroatoms. The van der Waals surface area contributed by atoms with Crippen molar-refractivity contribution in [1.82, 2.24) is 0 Å². The number of allylic oxidation sites excluding steroid dienone is 4. The van der Waals surface area contributed by atoms with Crippen molar-refractivity contribution in [1.29, 1.82) is 0 Å². The number of anilines is 1. The lowest BCUT2D eigenvalue weighted by Crippen LogP contribution is -2.12. The van der Waals surface area contributed by atoms with Gasteiger partial charge in [-0.15, -0.1) is 10.2 Å². The third-order valence-electron chi connectivity index (χ3n) is 10.3. The molecule has 0 radical (unpaired) electrons. The highest BCUT2D eigenvalue weighted by atomic mass is 16.6. The first-order chi connectivity index (χ1) is 33.9. The highest BCUT2D eigenvalue weighted by molar-refractivity contribution is 5.93. The van der Waals surface area contributed by atoms with Crippen molar-refractivity contribution in [3.8, 4) is 56.8 Å². The number of carbonyl (C=O) groups excluding carboxylic acids is 2. The van der Waals surface area contributed by atoms with Crippen LogP contribution >= 0.6 is 0 Å². The van der Waals surface area contributed by atoms with Gasteiger partial charge in [-0.2, -0.15) is 0 Å². The molecule has 0 aliphatic carbocycles. The molecule has 0 N–H and O–H groups in total. The van der Waals surface area contributed by atoms with E-state index in [1.807, 2.05) is 62.4 Å². The van der Waals surface area contributed by atoms with Crippen LogP contribution < -0.4 is 33.3 Å². The third kappa shape index (κ3) is 15.4. The van der Waals surface area contributed by atoms with Gasteiger partial charge in [0.1, 0.15) is 28.6 Å². The van der Waals surface area contributed by atoms with Crippen LogP contribution in [0, 0.1) is 10.1 Å². The van der Waals surface area contributed by atoms with E-state index in [-0.39, 0.29) is 34.0 Å². The topological polar surface area (TPSA) is 161 Å². The number of rotatable bonds is 19. The summed E-state index contributed by atoms with van der Waals surface area (Å²) in [4.78, 5) is 40.0. The van der Waals surface area contributed by atoms with Gasteiger partial charge in [-0.3, -0.25) is 10.1 Å². The van der Waals surface area contributed by atoms with Gasteiger partial charge < -0.3 is 33.3 Å². The normalized spacial score (nSPS) is 10.7. The molecule has 14 nitrogen and oxygen atoms in total. The summed E-state index contributed by atoms with van der Waals surface area (Å²) in [6, 6.07) is 33.8. The van der Waals surface area contributed by atoms with Gasteiger partial charge in [0.05, 0.1) is 56.2 Å². The minimum Gasteiger partial charge on any atom is -0.497 e. The Labute approximate surface area is 411 Å². The van der Waals surface area contributed by atoms with E-state index in [9.17, 15) is 19.7 Å². The number of esters is 2. The Kier molecular flexibility index (Phi) is 21.9. The fourth-order valence-electron chi connectivity index (χ4n) is 6.57. The number of nitro groups is 1. The molecular formula is C56H62N4O10. The lowest BCUT2D eigenvalue weighted by molar-refractivity contribution is -0.385. The molecule has 0 atom stereocenters. The Morgan fingerprint density at radius 3 is 1.29 bits per heavy atom. The molecule has 0 spiro atoms. The van der Waals surface area contributed by atoms with Gasteiger partial charge in [-0.1, -0.05) is 101 Å². The molecule has 0 fully saturated rings. The van der Waals surface area contributed by atoms with Crippen molar-refractivity contribution in [3.63, 3.8) is 0 Å². The van der Waals surface area contributed by atoms with Gasteiger partial charge in [-0.25, -0.2) is 9.59 Å². The molecule has 0 unspecified atom stereocenters. The molecule has 0 heterocycles. The number of nitrogens with zero attached hydrogens (tertiary/aromatic N) is 4. The summed E-state index contributed by atoms with van der Waals surface area (Å²) in [5.41, 5.74) is 4.09. The first-order valence-electron chi connectivity index (χ1n) is 22.8. The van der Waals surface area contributed by atoms with Crippen LogP contribution in [0.4, 0.5) is 22.7 Å². The van der Waals surface area contributed by atoms with Crippen LogP contribution in [0.1, 0.15) is 74.1 Å². The van der Waals surface area contributed by atoms with E-state index < -0.39 is 28.3 Å². The summed E-state index contributed by atoms with van der Waals surface area (Å²) in [6.07, 6.45) is 13.7. The lowest BCUT2D eigenvalue weighted by Gasteiger charge is -2.18. The van der Waals surface area contributed by atoms with Gasteiger partial charge in [-0.05, 0) is 96.5 Å². The maximum Gasteiger partial charge on any atom is 0.343 e. The number of methoxy groups -OCH3 is 4. The van der Waals surface area contributed by atoms with Gasteiger partial charge in [0.15, 0.2) is 11.5 Å². The summed E-state index contributed by atoms with van der Waals surface area (Å²) >= 11 is 0. The number of hydrogen-bond donors (Lipinski definition) is 0. The van der Waals surface area contributed by atoms with E-state index in [2.05, 4.69) is 48.4 Å². The molecule has 0 aromatic heterocycles. The standard InChI is InChI=1S/C44H38N4O10.C10H18.C2H6/c1-47(2)37-25-40(57-43(49)31-11-7-27(8-12-31)29-15-19-33(53-3)20-16-29)36(23-41(37)56-6)46-45-35-24-42(38(48(51)52)26-39(35)55-5)58-44(50)32-13-9-28(10-14-32)30-17-21-34(54-4)22-18-30;1-3-5-7-9-10-8-6-4-2;1-2/h7-26H,1-6H3;5-8H,3-4,9-10H2,1-2H3;1-2H3/b;7-5-,8-6-;. The quantitative estimate of drug-likeness (QED) is 0.0144. The van der Waals surface area contributed by atoms with E-state index in [4.69, 9.17) is 28.4 Å². The summed E-state index contributed by atoms with van der Waals surface area (Å²) in [7, 11) is 9.55. The summed E-state index contributed by atoms with van der Waals surface area (Å²) in [5.74, 6) is -0.0552. The Morgan fingerprint density at radius 1 is 0.529 bits per heavy atom. The van der Waals surface area contributed by atoms with Crippen molar-refractivity contribution in [3.05, 3.63) is 167 Å². The Bertz CT molecular complexity index is 2700. The monoisotopic (exact) mass is 950 g/mol. The van der Waals surface area contributed by atoms with Gasteiger partial charge in [0.25, 0.3) is 0 Å². The van der Waals surface area contributed by atoms with Crippen LogP contribution in [-0.4, -0.2) is 59.4 Å². The smallest absolute Gasteiger partial charge is 0.343 e. The zero-order valence-corrected chi connectivity index (χ0v) is 41.6. The second kappa shape index (κ2) is 28.2. The van der Waals surface area contributed by atoms with Gasteiger partial charge >= 0.3 is 17.6 Å². The highest BCUT2D eigenvalue weighted by Gasteiger charge is 2.24. The van der Waals surface area contributed by atoms with Gasteiger partial charge in [0, 0.05) is 32.3 Å². The van der Waals surface area contributed by atoms with Crippen molar-refractivity contribution in [2.24, 2.45) is 10.2 Å². The van der Waals surface area contributed by atoms with E-state index in [1.165, 1.54) is 39.2 Å². The number of nitro benzene ring substituents is 1. The minimum absolute atomic E-state index is 0.0206. The predicted molar refractivity (Wildman–Crippen MR) is 277 cm³/mol. The number of carbonyl (C=O) groups is 2. The molecule has 0 aliphatic heterocycles. The van der Waals surface area contributed by atoms with Crippen LogP contribution in [0.25, 0.3) is 22.3 Å². The molecule has 0 bridgehead atoms. The van der Waals surface area contributed by atoms with Crippen LogP contribution in [-0.2, 0) is 0 Å². The van der Waals surface area contributed by atoms with E-state index in [0.717, 1.165) is 46.9 Å². The molecule has 0 aliphatic rings. The zero-order valence-electron chi connectivity index (χ0n) is 41.6. The average Bonchev–Trinajstić information content (AvgIpc) is 3.39. The summed E-state index contributed by atoms with van der Waals surface area (Å²) in [5, 5.41) is 20.8. The van der Waals surface area contributed by atoms with Crippen molar-refractivity contribution in [2.45, 2.75) is 53.4 Å². The molecule has 0 amide bonds. The summed E-state index contributed by atoms with van der Waals surface area (Å²) < 4.78 is 32.9. The van der Waals surface area contributed by atoms with Crippen LogP contribution in [0.3, 0.4) is 0 Å². The molecule has 6 aromatic carbocycles. The number of ether oxygens (including phenoxy) is 6. The van der Waals surface area contributed by atoms with Crippen molar-refractivity contribution < 1.29 is 42.9 Å². The SMILES string of the molecule is CC.CC/C=C\CC/C=C\CC.COc1ccc(-c2ccc(C(=O)Oc3cc(N(C)C)c(OC)cc3N=Nc3cc(OC(=O)c4ccc(-c5ccc(OC)cc5)cc4)c([N+](=O)[O-])cc3OC)cc2)cc1. The largest absolute Gasteiger partial charge is 0.497 e. The molecule has 366 valence electrons. The molecular weight excluding hydrogens is 889 g/mol. The van der Waals surface area contributed by atoms with E-state index in [1.54, 1.807) is 87.8 Å². The zero-order chi connectivity index (χ0) is 51.0. The third-order valence-corrected chi connectivity index (χ3v) is 10.3. The molecule has 6 rings (SSSR count). The Morgan fingerprint density at radius 2 is 0.914 bits per heavy atom. The molecule has 70 heavy (non-hydrogen) atoms. The molecule has 0 saturated carbocycles. The van der Waals surface area contributed by atoms with Crippen LogP contribution in [0.15, 0.2) is 156 Å². The second-order valence-electron chi connectivity index (χ2n) is 15.1. The second-order valence-corrected chi connectivity index (χ2v) is 15.1. The molecule has 6 aromatic rings. The van der Waals surface area contributed by atoms with E-state index in [0.29, 0.717) is 17.2 Å². The minimum atomic E-state index is -0.840. The Balaban J connectivity index is 0.000000791. The predicted octanol–water partition coefficient (Wildman–Crippen LogP) is 14.6.